The third-order valence-corrected chi connectivity index (χ3v) is 3.07. The predicted octanol–water partition coefficient (Wildman–Crippen LogP) is 2.99. The minimum Gasteiger partial charge on any atom is -0.487 e. The average molecular weight is 284 g/mol. The maximum absolute atomic E-state index is 8.89. The first kappa shape index (κ1) is 15.4. The Labute approximate surface area is 125 Å². The molecule has 0 saturated heterocycles. The normalized spacial score (nSPS) is 11.8. The van der Waals surface area contributed by atoms with Crippen LogP contribution in [-0.4, -0.2) is 31.5 Å². The maximum atomic E-state index is 8.89. The van der Waals surface area contributed by atoms with Gasteiger partial charge in [-0.3, -0.25) is 0 Å². The number of aliphatic hydroxyl groups is 1. The van der Waals surface area contributed by atoms with Gasteiger partial charge in [-0.15, -0.1) is 0 Å². The van der Waals surface area contributed by atoms with Crippen LogP contribution in [0.4, 0.5) is 0 Å². The van der Waals surface area contributed by atoms with Gasteiger partial charge in [0.05, 0.1) is 18.8 Å². The summed E-state index contributed by atoms with van der Waals surface area (Å²) in [6.07, 6.45) is 0.408. The summed E-state index contributed by atoms with van der Waals surface area (Å²) in [5.74, 6) is 6.86. The van der Waals surface area contributed by atoms with E-state index in [4.69, 9.17) is 14.6 Å². The van der Waals surface area contributed by atoms with E-state index in [0.29, 0.717) is 13.0 Å². The molecule has 0 amide bonds. The maximum Gasteiger partial charge on any atom is 0.136 e. The van der Waals surface area contributed by atoms with Gasteiger partial charge in [-0.25, -0.2) is 0 Å². The van der Waals surface area contributed by atoms with Gasteiger partial charge in [-0.1, -0.05) is 42.2 Å². The molecule has 1 unspecified atom stereocenters. The first-order valence-electron chi connectivity index (χ1n) is 7.03. The molecule has 2 aromatic carbocycles. The van der Waals surface area contributed by atoms with E-state index in [9.17, 15) is 0 Å². The van der Waals surface area contributed by atoms with Crippen molar-refractivity contribution in [3.8, 4) is 17.6 Å². The molecule has 0 bridgehead atoms. The number of hydrogen-bond acceptors (Lipinski definition) is 3. The van der Waals surface area contributed by atoms with E-state index in [1.54, 1.807) is 7.11 Å². The molecular weight excluding hydrogens is 264 g/mol. The van der Waals surface area contributed by atoms with Gasteiger partial charge in [0.25, 0.3) is 0 Å². The van der Waals surface area contributed by atoms with Crippen molar-refractivity contribution >= 4 is 10.8 Å². The van der Waals surface area contributed by atoms with Crippen molar-refractivity contribution in [3.05, 3.63) is 42.0 Å². The van der Waals surface area contributed by atoms with Crippen LogP contribution in [0.3, 0.4) is 0 Å². The molecule has 2 rings (SSSR count). The highest BCUT2D eigenvalue weighted by Crippen LogP contribution is 2.28. The zero-order valence-electron chi connectivity index (χ0n) is 12.4. The van der Waals surface area contributed by atoms with Crippen molar-refractivity contribution in [2.24, 2.45) is 0 Å². The molecule has 0 fully saturated rings. The summed E-state index contributed by atoms with van der Waals surface area (Å²) in [7, 11) is 1.65. The van der Waals surface area contributed by atoms with Crippen molar-refractivity contribution in [1.29, 1.82) is 0 Å². The summed E-state index contributed by atoms with van der Waals surface area (Å²) in [6, 6.07) is 12.0. The Hall–Kier alpha value is -2.02. The smallest absolute Gasteiger partial charge is 0.136 e. The first-order valence-corrected chi connectivity index (χ1v) is 7.03. The number of aliphatic hydroxyl groups excluding tert-OH is 1. The van der Waals surface area contributed by atoms with E-state index in [2.05, 4.69) is 17.9 Å². The van der Waals surface area contributed by atoms with Gasteiger partial charge in [0, 0.05) is 18.9 Å². The third-order valence-electron chi connectivity index (χ3n) is 3.07. The van der Waals surface area contributed by atoms with Crippen molar-refractivity contribution < 1.29 is 14.6 Å². The van der Waals surface area contributed by atoms with E-state index >= 15 is 0 Å². The number of hydrogen-bond donors (Lipinski definition) is 1. The molecule has 110 valence electrons. The number of benzene rings is 2. The second kappa shape index (κ2) is 7.68. The van der Waals surface area contributed by atoms with Gasteiger partial charge < -0.3 is 14.6 Å². The summed E-state index contributed by atoms with van der Waals surface area (Å²) in [5, 5.41) is 11.1. The standard InChI is InChI=1S/C18H20O3/c1-14(13-20-2)21-18-11-10-15-7-3-4-8-16(15)17(18)9-5-6-12-19/h3-4,7-8,10-11,14,19H,6,12-13H2,1-2H3. The highest BCUT2D eigenvalue weighted by Gasteiger charge is 2.10. The van der Waals surface area contributed by atoms with Crippen molar-refractivity contribution in [2.75, 3.05) is 20.3 Å². The SMILES string of the molecule is COCC(C)Oc1ccc2ccccc2c1C#CCCO. The highest BCUT2D eigenvalue weighted by molar-refractivity contribution is 5.90. The Balaban J connectivity index is 2.44. The van der Waals surface area contributed by atoms with Crippen molar-refractivity contribution in [1.82, 2.24) is 0 Å². The third kappa shape index (κ3) is 3.98. The Morgan fingerprint density at radius 3 is 2.76 bits per heavy atom. The number of methoxy groups -OCH3 is 1. The van der Waals surface area contributed by atoms with Crippen LogP contribution in [0.1, 0.15) is 18.9 Å². The number of rotatable bonds is 5. The lowest BCUT2D eigenvalue weighted by Crippen LogP contribution is -2.18. The zero-order chi connectivity index (χ0) is 15.1. The van der Waals surface area contributed by atoms with Crippen LogP contribution in [0.5, 0.6) is 5.75 Å². The molecule has 0 aliphatic heterocycles. The fraction of sp³-hybridized carbons (Fsp3) is 0.333. The molecule has 0 aromatic heterocycles. The monoisotopic (exact) mass is 284 g/mol. The van der Waals surface area contributed by atoms with E-state index in [-0.39, 0.29) is 12.7 Å². The minimum atomic E-state index is -0.0467. The second-order valence-corrected chi connectivity index (χ2v) is 4.82. The van der Waals surface area contributed by atoms with Crippen LogP contribution in [0.25, 0.3) is 10.8 Å². The average Bonchev–Trinajstić information content (AvgIpc) is 2.49. The van der Waals surface area contributed by atoms with Crippen LogP contribution >= 0.6 is 0 Å². The summed E-state index contributed by atoms with van der Waals surface area (Å²) < 4.78 is 11.0. The molecule has 0 saturated carbocycles. The summed E-state index contributed by atoms with van der Waals surface area (Å²) in [4.78, 5) is 0. The number of fused-ring (bicyclic) bond motifs is 1. The number of ether oxygens (including phenoxy) is 2. The van der Waals surface area contributed by atoms with Crippen LogP contribution in [-0.2, 0) is 4.74 Å². The van der Waals surface area contributed by atoms with Crippen LogP contribution in [0.2, 0.25) is 0 Å². The molecule has 1 atom stereocenters. The molecule has 0 radical (unpaired) electrons. The van der Waals surface area contributed by atoms with Crippen molar-refractivity contribution in [2.45, 2.75) is 19.4 Å². The molecule has 2 aromatic rings. The molecule has 3 nitrogen and oxygen atoms in total. The van der Waals surface area contributed by atoms with Gasteiger partial charge in [0.1, 0.15) is 11.9 Å². The largest absolute Gasteiger partial charge is 0.487 e. The van der Waals surface area contributed by atoms with Crippen molar-refractivity contribution in [3.63, 3.8) is 0 Å². The quantitative estimate of drug-likeness (QED) is 0.858. The van der Waals surface area contributed by atoms with Gasteiger partial charge in [0.2, 0.25) is 0 Å². The predicted molar refractivity (Wildman–Crippen MR) is 84.5 cm³/mol. The molecule has 21 heavy (non-hydrogen) atoms. The Morgan fingerprint density at radius 1 is 1.19 bits per heavy atom. The fourth-order valence-electron chi connectivity index (χ4n) is 2.17. The van der Waals surface area contributed by atoms with E-state index < -0.39 is 0 Å². The zero-order valence-corrected chi connectivity index (χ0v) is 12.4. The summed E-state index contributed by atoms with van der Waals surface area (Å²) in [6.45, 7) is 2.55. The topological polar surface area (TPSA) is 38.7 Å². The molecule has 0 aliphatic rings. The molecule has 0 aliphatic carbocycles. The van der Waals surface area contributed by atoms with Gasteiger partial charge in [0.15, 0.2) is 0 Å². The summed E-state index contributed by atoms with van der Waals surface area (Å²) in [5.41, 5.74) is 0.865. The molecular formula is C18H20O3. The first-order chi connectivity index (χ1) is 10.3. The fourth-order valence-corrected chi connectivity index (χ4v) is 2.17. The van der Waals surface area contributed by atoms with E-state index in [1.807, 2.05) is 37.3 Å². The molecule has 1 N–H and O–H groups in total. The second-order valence-electron chi connectivity index (χ2n) is 4.82. The van der Waals surface area contributed by atoms with E-state index in [0.717, 1.165) is 22.1 Å². The molecule has 0 spiro atoms. The van der Waals surface area contributed by atoms with Gasteiger partial charge >= 0.3 is 0 Å². The van der Waals surface area contributed by atoms with Gasteiger partial charge in [-0.05, 0) is 18.4 Å². The highest BCUT2D eigenvalue weighted by atomic mass is 16.5. The van der Waals surface area contributed by atoms with Crippen LogP contribution in [0.15, 0.2) is 36.4 Å². The van der Waals surface area contributed by atoms with Crippen LogP contribution in [0, 0.1) is 11.8 Å². The summed E-state index contributed by atoms with van der Waals surface area (Å²) >= 11 is 0. The minimum absolute atomic E-state index is 0.0467. The van der Waals surface area contributed by atoms with Gasteiger partial charge in [-0.2, -0.15) is 0 Å². The lowest BCUT2D eigenvalue weighted by Gasteiger charge is -2.16. The Morgan fingerprint density at radius 2 is 2.00 bits per heavy atom. The van der Waals surface area contributed by atoms with Crippen LogP contribution < -0.4 is 4.74 Å². The molecule has 3 heteroatoms. The molecule has 0 heterocycles. The van der Waals surface area contributed by atoms with E-state index in [1.165, 1.54) is 0 Å². The lowest BCUT2D eigenvalue weighted by atomic mass is 10.0. The Kier molecular flexibility index (Phi) is 5.62. The lowest BCUT2D eigenvalue weighted by molar-refractivity contribution is 0.0920. The Bertz CT molecular complexity index is 652.